The van der Waals surface area contributed by atoms with Gasteiger partial charge in [-0.15, -0.1) is 0 Å². The number of carbonyl (C=O) groups is 2. The number of ether oxygens (including phenoxy) is 1. The number of carbonyl (C=O) groups excluding carboxylic acids is 2. The standard InChI is InChI=1S/C19H17BrF3NO4/c1-3-28-16(26)7-6-15(25)17-18(27)13(20)9-14(24-17)12-8-11(19(21,22)23)5-4-10(12)2/h4-5,8-9,27H,3,6-7H2,1-2H3. The van der Waals surface area contributed by atoms with Crippen molar-refractivity contribution in [1.29, 1.82) is 0 Å². The molecule has 0 aliphatic rings. The van der Waals surface area contributed by atoms with E-state index >= 15 is 0 Å². The third-order valence-electron chi connectivity index (χ3n) is 3.91. The lowest BCUT2D eigenvalue weighted by atomic mass is 10.0. The molecule has 0 spiro atoms. The molecule has 5 nitrogen and oxygen atoms in total. The van der Waals surface area contributed by atoms with Gasteiger partial charge in [0.2, 0.25) is 0 Å². The summed E-state index contributed by atoms with van der Waals surface area (Å²) >= 11 is 3.09. The van der Waals surface area contributed by atoms with Gasteiger partial charge in [0.05, 0.1) is 28.8 Å². The fourth-order valence-corrected chi connectivity index (χ4v) is 2.89. The lowest BCUT2D eigenvalue weighted by Gasteiger charge is -2.13. The van der Waals surface area contributed by atoms with Crippen LogP contribution in [0.4, 0.5) is 13.2 Å². The first-order valence-corrected chi connectivity index (χ1v) is 9.10. The van der Waals surface area contributed by atoms with Gasteiger partial charge in [-0.25, -0.2) is 4.98 Å². The molecule has 0 amide bonds. The molecule has 0 saturated carbocycles. The molecule has 0 unspecified atom stereocenters. The molecule has 0 radical (unpaired) electrons. The molecule has 1 aromatic heterocycles. The topological polar surface area (TPSA) is 76.5 Å². The minimum Gasteiger partial charge on any atom is -0.504 e. The molecule has 0 atom stereocenters. The van der Waals surface area contributed by atoms with Crippen molar-refractivity contribution in [3.63, 3.8) is 0 Å². The number of pyridine rings is 1. The first-order valence-electron chi connectivity index (χ1n) is 8.31. The summed E-state index contributed by atoms with van der Waals surface area (Å²) in [5.74, 6) is -1.64. The molecule has 9 heteroatoms. The van der Waals surface area contributed by atoms with Crippen molar-refractivity contribution in [1.82, 2.24) is 4.98 Å². The predicted molar refractivity (Wildman–Crippen MR) is 99.0 cm³/mol. The van der Waals surface area contributed by atoms with Crippen LogP contribution >= 0.6 is 15.9 Å². The average Bonchev–Trinajstić information content (AvgIpc) is 2.61. The number of benzene rings is 1. The van der Waals surface area contributed by atoms with Crippen LogP contribution in [0.25, 0.3) is 11.3 Å². The number of alkyl halides is 3. The number of hydrogen-bond acceptors (Lipinski definition) is 5. The van der Waals surface area contributed by atoms with Gasteiger partial charge in [0.25, 0.3) is 0 Å². The van der Waals surface area contributed by atoms with Gasteiger partial charge >= 0.3 is 12.1 Å². The van der Waals surface area contributed by atoms with Gasteiger partial charge in [-0.1, -0.05) is 6.07 Å². The Morgan fingerprint density at radius 1 is 1.21 bits per heavy atom. The SMILES string of the molecule is CCOC(=O)CCC(=O)c1nc(-c2cc(C(F)(F)F)ccc2C)cc(Br)c1O. The summed E-state index contributed by atoms with van der Waals surface area (Å²) in [6.07, 6.45) is -4.98. The Bertz CT molecular complexity index is 913. The predicted octanol–water partition coefficient (Wildman–Crippen LogP) is 5.07. The monoisotopic (exact) mass is 459 g/mol. The van der Waals surface area contributed by atoms with Gasteiger partial charge in [-0.3, -0.25) is 9.59 Å². The minimum absolute atomic E-state index is 0.0905. The third kappa shape index (κ3) is 5.09. The van der Waals surface area contributed by atoms with Crippen LogP contribution in [-0.2, 0) is 15.7 Å². The number of esters is 1. The molecule has 0 aliphatic heterocycles. The molecule has 150 valence electrons. The summed E-state index contributed by atoms with van der Waals surface area (Å²) in [6.45, 7) is 3.41. The van der Waals surface area contributed by atoms with Crippen LogP contribution in [0.3, 0.4) is 0 Å². The average molecular weight is 460 g/mol. The highest BCUT2D eigenvalue weighted by Gasteiger charge is 2.31. The van der Waals surface area contributed by atoms with Gasteiger partial charge in [-0.05, 0) is 53.5 Å². The van der Waals surface area contributed by atoms with Crippen molar-refractivity contribution < 1.29 is 32.6 Å². The number of nitrogens with zero attached hydrogens (tertiary/aromatic N) is 1. The normalized spacial score (nSPS) is 11.4. The molecule has 1 aromatic carbocycles. The second-order valence-corrected chi connectivity index (χ2v) is 6.80. The Kier molecular flexibility index (Phi) is 6.82. The second kappa shape index (κ2) is 8.72. The number of hydrogen-bond donors (Lipinski definition) is 1. The van der Waals surface area contributed by atoms with Gasteiger partial charge in [0.1, 0.15) is 5.69 Å². The summed E-state index contributed by atoms with van der Waals surface area (Å²) in [5, 5.41) is 10.1. The van der Waals surface area contributed by atoms with Gasteiger partial charge in [-0.2, -0.15) is 13.2 Å². The summed E-state index contributed by atoms with van der Waals surface area (Å²) in [6, 6.07) is 4.54. The van der Waals surface area contributed by atoms with E-state index in [4.69, 9.17) is 4.74 Å². The molecule has 1 heterocycles. The molecule has 2 rings (SSSR count). The number of aryl methyl sites for hydroxylation is 1. The molecular formula is C19H17BrF3NO4. The van der Waals surface area contributed by atoms with Crippen molar-refractivity contribution in [2.75, 3.05) is 6.61 Å². The summed E-state index contributed by atoms with van der Waals surface area (Å²) in [4.78, 5) is 27.9. The minimum atomic E-state index is -4.53. The quantitative estimate of drug-likeness (QED) is 0.481. The first kappa shape index (κ1) is 21.9. The number of aromatic hydroxyl groups is 1. The lowest BCUT2D eigenvalue weighted by molar-refractivity contribution is -0.143. The highest BCUT2D eigenvalue weighted by atomic mass is 79.9. The Morgan fingerprint density at radius 3 is 2.50 bits per heavy atom. The maximum atomic E-state index is 13.0. The Labute approximate surface area is 167 Å². The van der Waals surface area contributed by atoms with Crippen molar-refractivity contribution in [2.24, 2.45) is 0 Å². The van der Waals surface area contributed by atoms with Crippen LogP contribution in [-0.4, -0.2) is 28.4 Å². The summed E-state index contributed by atoms with van der Waals surface area (Å²) in [7, 11) is 0. The Hall–Kier alpha value is -2.42. The number of Topliss-reactive ketones (excluding diaryl/α,β-unsaturated/α-hetero) is 1. The maximum absolute atomic E-state index is 13.0. The van der Waals surface area contributed by atoms with Crippen LogP contribution < -0.4 is 0 Å². The van der Waals surface area contributed by atoms with E-state index in [1.54, 1.807) is 13.8 Å². The number of rotatable bonds is 6. The molecule has 28 heavy (non-hydrogen) atoms. The van der Waals surface area contributed by atoms with Crippen LogP contribution in [0.1, 0.15) is 41.4 Å². The second-order valence-electron chi connectivity index (χ2n) is 5.94. The van der Waals surface area contributed by atoms with Crippen molar-refractivity contribution in [2.45, 2.75) is 32.9 Å². The highest BCUT2D eigenvalue weighted by Crippen LogP contribution is 2.36. The molecule has 2 aromatic rings. The number of aromatic nitrogens is 1. The van der Waals surface area contributed by atoms with Crippen LogP contribution in [0, 0.1) is 6.92 Å². The summed E-state index contributed by atoms with van der Waals surface area (Å²) < 4.78 is 44.0. The van der Waals surface area contributed by atoms with Crippen molar-refractivity contribution in [3.05, 3.63) is 45.6 Å². The van der Waals surface area contributed by atoms with Crippen LogP contribution in [0.5, 0.6) is 5.75 Å². The first-order chi connectivity index (χ1) is 13.0. The van der Waals surface area contributed by atoms with E-state index in [1.165, 1.54) is 12.1 Å². The van der Waals surface area contributed by atoms with Crippen LogP contribution in [0.2, 0.25) is 0 Å². The van der Waals surface area contributed by atoms with E-state index in [9.17, 15) is 27.9 Å². The number of ketones is 1. The molecular weight excluding hydrogens is 443 g/mol. The lowest BCUT2D eigenvalue weighted by Crippen LogP contribution is -2.10. The van der Waals surface area contributed by atoms with Gasteiger partial charge < -0.3 is 9.84 Å². The summed E-state index contributed by atoms with van der Waals surface area (Å²) in [5.41, 5.74) is -0.398. The van der Waals surface area contributed by atoms with E-state index in [0.717, 1.165) is 12.1 Å². The number of halogens is 4. The zero-order valence-corrected chi connectivity index (χ0v) is 16.6. The van der Waals surface area contributed by atoms with Crippen molar-refractivity contribution >= 4 is 27.7 Å². The Morgan fingerprint density at radius 2 is 1.89 bits per heavy atom. The van der Waals surface area contributed by atoms with E-state index in [0.29, 0.717) is 5.56 Å². The fourth-order valence-electron chi connectivity index (χ4n) is 2.48. The van der Waals surface area contributed by atoms with E-state index < -0.39 is 29.2 Å². The fraction of sp³-hybridized carbons (Fsp3) is 0.316. The maximum Gasteiger partial charge on any atom is 0.416 e. The van der Waals surface area contributed by atoms with E-state index in [2.05, 4.69) is 20.9 Å². The van der Waals surface area contributed by atoms with E-state index in [-0.39, 0.29) is 40.9 Å². The molecule has 0 saturated heterocycles. The van der Waals surface area contributed by atoms with Crippen LogP contribution in [0.15, 0.2) is 28.7 Å². The van der Waals surface area contributed by atoms with Gasteiger partial charge in [0, 0.05) is 12.0 Å². The van der Waals surface area contributed by atoms with Gasteiger partial charge in [0.15, 0.2) is 11.5 Å². The molecule has 1 N–H and O–H groups in total. The molecule has 0 bridgehead atoms. The zero-order valence-electron chi connectivity index (χ0n) is 15.1. The Balaban J connectivity index is 2.44. The largest absolute Gasteiger partial charge is 0.504 e. The smallest absolute Gasteiger partial charge is 0.416 e. The third-order valence-corrected chi connectivity index (χ3v) is 4.52. The zero-order chi connectivity index (χ0) is 21.1. The van der Waals surface area contributed by atoms with E-state index in [1.807, 2.05) is 0 Å². The molecule has 0 fully saturated rings. The molecule has 0 aliphatic carbocycles. The highest BCUT2D eigenvalue weighted by molar-refractivity contribution is 9.10. The van der Waals surface area contributed by atoms with Crippen molar-refractivity contribution in [3.8, 4) is 17.0 Å².